The third kappa shape index (κ3) is 3.44. The minimum Gasteiger partial charge on any atom is -0.457 e. The number of aliphatic hydroxyl groups excluding tert-OH is 1. The van der Waals surface area contributed by atoms with Crippen LogP contribution in [0.2, 0.25) is 5.02 Å². The standard InChI is InChI=1S/C14H12ClNO2S/c15-13-7-11(4-5-12(13)14(16)19)18-10-3-1-2-9(6-10)8-17/h1-7,17H,8H2,(H2,16,19). The Bertz CT molecular complexity index is 616. The molecular weight excluding hydrogens is 282 g/mol. The molecule has 0 aliphatic rings. The molecule has 0 aliphatic heterocycles. The number of hydrogen-bond donors (Lipinski definition) is 2. The summed E-state index contributed by atoms with van der Waals surface area (Å²) in [5, 5.41) is 9.51. The van der Waals surface area contributed by atoms with Crippen LogP contribution in [-0.4, -0.2) is 10.1 Å². The summed E-state index contributed by atoms with van der Waals surface area (Å²) in [5.74, 6) is 1.21. The van der Waals surface area contributed by atoms with E-state index in [1.165, 1.54) is 0 Å². The fraction of sp³-hybridized carbons (Fsp3) is 0.0714. The summed E-state index contributed by atoms with van der Waals surface area (Å²) in [6.07, 6.45) is 0. The monoisotopic (exact) mass is 293 g/mol. The van der Waals surface area contributed by atoms with Gasteiger partial charge in [0.25, 0.3) is 0 Å². The summed E-state index contributed by atoms with van der Waals surface area (Å²) in [5.41, 5.74) is 6.93. The van der Waals surface area contributed by atoms with Gasteiger partial charge >= 0.3 is 0 Å². The van der Waals surface area contributed by atoms with Crippen LogP contribution in [0.25, 0.3) is 0 Å². The van der Waals surface area contributed by atoms with Gasteiger partial charge < -0.3 is 15.6 Å². The highest BCUT2D eigenvalue weighted by atomic mass is 35.5. The number of hydrogen-bond acceptors (Lipinski definition) is 3. The summed E-state index contributed by atoms with van der Waals surface area (Å²) in [4.78, 5) is 0.249. The van der Waals surface area contributed by atoms with Gasteiger partial charge in [-0.2, -0.15) is 0 Å². The Morgan fingerprint density at radius 2 is 1.95 bits per heavy atom. The van der Waals surface area contributed by atoms with Gasteiger partial charge in [-0.15, -0.1) is 0 Å². The minimum atomic E-state index is -0.0294. The molecule has 0 saturated carbocycles. The summed E-state index contributed by atoms with van der Waals surface area (Å²) in [6, 6.07) is 12.3. The van der Waals surface area contributed by atoms with Crippen LogP contribution in [0.15, 0.2) is 42.5 Å². The smallest absolute Gasteiger partial charge is 0.128 e. The van der Waals surface area contributed by atoms with E-state index in [1.807, 2.05) is 12.1 Å². The Labute approximate surface area is 121 Å². The van der Waals surface area contributed by atoms with E-state index in [9.17, 15) is 0 Å². The van der Waals surface area contributed by atoms with Crippen molar-refractivity contribution in [3.05, 3.63) is 58.6 Å². The van der Waals surface area contributed by atoms with Gasteiger partial charge in [-0.25, -0.2) is 0 Å². The second-order valence-electron chi connectivity index (χ2n) is 3.91. The molecule has 19 heavy (non-hydrogen) atoms. The molecule has 0 fully saturated rings. The van der Waals surface area contributed by atoms with Crippen LogP contribution in [0.1, 0.15) is 11.1 Å². The molecule has 2 aromatic rings. The van der Waals surface area contributed by atoms with Crippen molar-refractivity contribution >= 4 is 28.8 Å². The van der Waals surface area contributed by atoms with Crippen molar-refractivity contribution in [2.75, 3.05) is 0 Å². The van der Waals surface area contributed by atoms with Crippen LogP contribution >= 0.6 is 23.8 Å². The molecular formula is C14H12ClNO2S. The lowest BCUT2D eigenvalue weighted by Gasteiger charge is -2.09. The zero-order valence-electron chi connectivity index (χ0n) is 9.97. The molecule has 3 N–H and O–H groups in total. The Morgan fingerprint density at radius 3 is 2.58 bits per heavy atom. The summed E-state index contributed by atoms with van der Waals surface area (Å²) >= 11 is 10.9. The van der Waals surface area contributed by atoms with E-state index in [-0.39, 0.29) is 11.6 Å². The van der Waals surface area contributed by atoms with E-state index >= 15 is 0 Å². The van der Waals surface area contributed by atoms with E-state index in [0.29, 0.717) is 22.1 Å². The van der Waals surface area contributed by atoms with Crippen LogP contribution in [0.4, 0.5) is 0 Å². The highest BCUT2D eigenvalue weighted by molar-refractivity contribution is 7.80. The lowest BCUT2D eigenvalue weighted by molar-refractivity contribution is 0.281. The molecule has 2 rings (SSSR count). The molecule has 2 aromatic carbocycles. The Balaban J connectivity index is 2.23. The van der Waals surface area contributed by atoms with Crippen molar-refractivity contribution in [2.45, 2.75) is 6.61 Å². The summed E-state index contributed by atoms with van der Waals surface area (Å²) < 4.78 is 5.66. The molecule has 0 saturated heterocycles. The van der Waals surface area contributed by atoms with Gasteiger partial charge in [0.1, 0.15) is 16.5 Å². The first-order valence-electron chi connectivity index (χ1n) is 5.57. The van der Waals surface area contributed by atoms with Gasteiger partial charge in [-0.1, -0.05) is 36.0 Å². The zero-order chi connectivity index (χ0) is 13.8. The zero-order valence-corrected chi connectivity index (χ0v) is 11.5. The molecule has 0 amide bonds. The third-order valence-corrected chi connectivity index (χ3v) is 3.06. The number of halogens is 1. The number of thiocarbonyl (C=S) groups is 1. The van der Waals surface area contributed by atoms with Gasteiger partial charge in [0.15, 0.2) is 0 Å². The number of rotatable bonds is 4. The van der Waals surface area contributed by atoms with Crippen LogP contribution in [0, 0.1) is 0 Å². The third-order valence-electron chi connectivity index (χ3n) is 2.52. The van der Waals surface area contributed by atoms with Gasteiger partial charge in [0.2, 0.25) is 0 Å². The van der Waals surface area contributed by atoms with Crippen molar-refractivity contribution < 1.29 is 9.84 Å². The highest BCUT2D eigenvalue weighted by Crippen LogP contribution is 2.27. The molecule has 0 aliphatic carbocycles. The molecule has 0 atom stereocenters. The maximum absolute atomic E-state index is 9.06. The molecule has 0 aromatic heterocycles. The maximum atomic E-state index is 9.06. The molecule has 0 bridgehead atoms. The van der Waals surface area contributed by atoms with Crippen molar-refractivity contribution in [3.8, 4) is 11.5 Å². The first-order valence-corrected chi connectivity index (χ1v) is 6.36. The first kappa shape index (κ1) is 13.8. The molecule has 5 heteroatoms. The quantitative estimate of drug-likeness (QED) is 0.850. The Kier molecular flexibility index (Phi) is 4.37. The predicted molar refractivity (Wildman–Crippen MR) is 79.8 cm³/mol. The van der Waals surface area contributed by atoms with Crippen LogP contribution in [-0.2, 0) is 6.61 Å². The van der Waals surface area contributed by atoms with E-state index in [1.54, 1.807) is 30.3 Å². The van der Waals surface area contributed by atoms with E-state index in [4.69, 9.17) is 39.4 Å². The normalized spacial score (nSPS) is 10.2. The van der Waals surface area contributed by atoms with Crippen molar-refractivity contribution in [2.24, 2.45) is 5.73 Å². The fourth-order valence-corrected chi connectivity index (χ4v) is 2.11. The van der Waals surface area contributed by atoms with E-state index < -0.39 is 0 Å². The lowest BCUT2D eigenvalue weighted by Crippen LogP contribution is -2.09. The van der Waals surface area contributed by atoms with Gasteiger partial charge in [0, 0.05) is 11.6 Å². The lowest BCUT2D eigenvalue weighted by atomic mass is 10.2. The average molecular weight is 294 g/mol. The number of aliphatic hydroxyl groups is 1. The first-order chi connectivity index (χ1) is 9.10. The van der Waals surface area contributed by atoms with Crippen molar-refractivity contribution in [1.82, 2.24) is 0 Å². The fourth-order valence-electron chi connectivity index (χ4n) is 1.60. The van der Waals surface area contributed by atoms with Crippen LogP contribution in [0.3, 0.4) is 0 Å². The second kappa shape index (κ2) is 6.02. The molecule has 3 nitrogen and oxygen atoms in total. The molecule has 98 valence electrons. The Morgan fingerprint density at radius 1 is 1.21 bits per heavy atom. The van der Waals surface area contributed by atoms with Crippen molar-refractivity contribution in [3.63, 3.8) is 0 Å². The topological polar surface area (TPSA) is 55.5 Å². The largest absolute Gasteiger partial charge is 0.457 e. The number of nitrogens with two attached hydrogens (primary N) is 1. The number of benzene rings is 2. The van der Waals surface area contributed by atoms with Crippen LogP contribution in [0.5, 0.6) is 11.5 Å². The van der Waals surface area contributed by atoms with E-state index in [0.717, 1.165) is 5.56 Å². The predicted octanol–water partition coefficient (Wildman–Crippen LogP) is 3.26. The van der Waals surface area contributed by atoms with Crippen molar-refractivity contribution in [1.29, 1.82) is 0 Å². The molecule has 0 unspecified atom stereocenters. The highest BCUT2D eigenvalue weighted by Gasteiger charge is 2.06. The van der Waals surface area contributed by atoms with E-state index in [2.05, 4.69) is 0 Å². The minimum absolute atomic E-state index is 0.0294. The summed E-state index contributed by atoms with van der Waals surface area (Å²) in [6.45, 7) is -0.0294. The SMILES string of the molecule is NC(=S)c1ccc(Oc2cccc(CO)c2)cc1Cl. The molecule has 0 radical (unpaired) electrons. The Hall–Kier alpha value is -1.62. The molecule has 0 spiro atoms. The van der Waals surface area contributed by atoms with Gasteiger partial charge in [-0.05, 0) is 29.8 Å². The maximum Gasteiger partial charge on any atom is 0.128 e. The molecule has 0 heterocycles. The van der Waals surface area contributed by atoms with Gasteiger partial charge in [-0.3, -0.25) is 0 Å². The van der Waals surface area contributed by atoms with Gasteiger partial charge in [0.05, 0.1) is 11.6 Å². The summed E-state index contributed by atoms with van der Waals surface area (Å²) in [7, 11) is 0. The number of ether oxygens (including phenoxy) is 1. The second-order valence-corrected chi connectivity index (χ2v) is 4.76. The average Bonchev–Trinajstić information content (AvgIpc) is 2.38. The van der Waals surface area contributed by atoms with Crippen LogP contribution < -0.4 is 10.5 Å².